The van der Waals surface area contributed by atoms with Gasteiger partial charge in [-0.3, -0.25) is 0 Å². The SMILES string of the molecule is CCCN1CCCC(Nc2ccc(Br)c(Cl)c2)CC1. The highest BCUT2D eigenvalue weighted by molar-refractivity contribution is 9.10. The van der Waals surface area contributed by atoms with Gasteiger partial charge >= 0.3 is 0 Å². The molecular formula is C15H22BrClN2. The van der Waals surface area contributed by atoms with E-state index in [1.807, 2.05) is 12.1 Å². The first-order valence-electron chi connectivity index (χ1n) is 7.13. The zero-order valence-corrected chi connectivity index (χ0v) is 13.8. The Hall–Kier alpha value is -0.250. The molecule has 19 heavy (non-hydrogen) atoms. The van der Waals surface area contributed by atoms with Crippen LogP contribution in [0.25, 0.3) is 0 Å². The Morgan fingerprint density at radius 1 is 1.37 bits per heavy atom. The third-order valence-corrected chi connectivity index (χ3v) is 4.88. The fraction of sp³-hybridized carbons (Fsp3) is 0.600. The van der Waals surface area contributed by atoms with Crippen LogP contribution in [0.2, 0.25) is 5.02 Å². The zero-order chi connectivity index (χ0) is 13.7. The van der Waals surface area contributed by atoms with Gasteiger partial charge < -0.3 is 10.2 Å². The van der Waals surface area contributed by atoms with Crippen molar-refractivity contribution in [2.45, 2.75) is 38.6 Å². The van der Waals surface area contributed by atoms with Gasteiger partial charge in [0.2, 0.25) is 0 Å². The molecule has 2 nitrogen and oxygen atoms in total. The molecule has 1 saturated heterocycles. The highest BCUT2D eigenvalue weighted by Crippen LogP contribution is 2.26. The number of hydrogen-bond donors (Lipinski definition) is 1. The summed E-state index contributed by atoms with van der Waals surface area (Å²) < 4.78 is 0.953. The van der Waals surface area contributed by atoms with E-state index < -0.39 is 0 Å². The van der Waals surface area contributed by atoms with Gasteiger partial charge in [0, 0.05) is 22.7 Å². The molecule has 1 atom stereocenters. The molecule has 1 aliphatic rings. The van der Waals surface area contributed by atoms with Crippen molar-refractivity contribution in [2.24, 2.45) is 0 Å². The lowest BCUT2D eigenvalue weighted by atomic mass is 10.1. The number of rotatable bonds is 4. The number of benzene rings is 1. The molecule has 1 aromatic rings. The van der Waals surface area contributed by atoms with Gasteiger partial charge in [0.15, 0.2) is 0 Å². The lowest BCUT2D eigenvalue weighted by Gasteiger charge is -2.20. The molecule has 1 unspecified atom stereocenters. The Morgan fingerprint density at radius 2 is 2.21 bits per heavy atom. The second-order valence-corrected chi connectivity index (χ2v) is 6.50. The monoisotopic (exact) mass is 344 g/mol. The molecule has 0 bridgehead atoms. The fourth-order valence-electron chi connectivity index (χ4n) is 2.66. The van der Waals surface area contributed by atoms with E-state index in [1.165, 1.54) is 45.3 Å². The van der Waals surface area contributed by atoms with Crippen LogP contribution < -0.4 is 5.32 Å². The molecule has 1 heterocycles. The highest BCUT2D eigenvalue weighted by atomic mass is 79.9. The predicted octanol–water partition coefficient (Wildman–Crippen LogP) is 4.78. The summed E-state index contributed by atoms with van der Waals surface area (Å²) in [5, 5.41) is 4.39. The number of anilines is 1. The van der Waals surface area contributed by atoms with Crippen molar-refractivity contribution in [1.29, 1.82) is 0 Å². The Balaban J connectivity index is 1.90. The summed E-state index contributed by atoms with van der Waals surface area (Å²) >= 11 is 9.56. The third-order valence-electron chi connectivity index (χ3n) is 3.65. The fourth-order valence-corrected chi connectivity index (χ4v) is 3.09. The van der Waals surface area contributed by atoms with Crippen molar-refractivity contribution in [3.63, 3.8) is 0 Å². The molecule has 4 heteroatoms. The summed E-state index contributed by atoms with van der Waals surface area (Å²) in [6.07, 6.45) is 4.99. The molecule has 0 spiro atoms. The molecule has 0 aliphatic carbocycles. The van der Waals surface area contributed by atoms with Gasteiger partial charge in [0.1, 0.15) is 0 Å². The van der Waals surface area contributed by atoms with Crippen LogP contribution in [0, 0.1) is 0 Å². The summed E-state index contributed by atoms with van der Waals surface area (Å²) in [5.74, 6) is 0. The Morgan fingerprint density at radius 3 is 2.95 bits per heavy atom. The minimum absolute atomic E-state index is 0.569. The van der Waals surface area contributed by atoms with E-state index in [0.29, 0.717) is 6.04 Å². The average molecular weight is 346 g/mol. The van der Waals surface area contributed by atoms with Gasteiger partial charge in [0.25, 0.3) is 0 Å². The molecular weight excluding hydrogens is 324 g/mol. The van der Waals surface area contributed by atoms with Gasteiger partial charge in [0.05, 0.1) is 5.02 Å². The van der Waals surface area contributed by atoms with Crippen molar-refractivity contribution >= 4 is 33.2 Å². The number of hydrogen-bond acceptors (Lipinski definition) is 2. The van der Waals surface area contributed by atoms with Crippen LogP contribution in [0.1, 0.15) is 32.6 Å². The van der Waals surface area contributed by atoms with Crippen LogP contribution >= 0.6 is 27.5 Å². The molecule has 0 aromatic heterocycles. The van der Waals surface area contributed by atoms with Crippen molar-refractivity contribution in [1.82, 2.24) is 4.90 Å². The lowest BCUT2D eigenvalue weighted by Crippen LogP contribution is -2.27. The molecule has 106 valence electrons. The maximum absolute atomic E-state index is 6.13. The van der Waals surface area contributed by atoms with Crippen molar-refractivity contribution in [3.8, 4) is 0 Å². The summed E-state index contributed by atoms with van der Waals surface area (Å²) in [6.45, 7) is 5.93. The quantitative estimate of drug-likeness (QED) is 0.845. The third kappa shape index (κ3) is 4.66. The first-order chi connectivity index (χ1) is 9.19. The summed E-state index contributed by atoms with van der Waals surface area (Å²) in [6, 6.07) is 6.66. The minimum atomic E-state index is 0.569. The number of likely N-dealkylation sites (tertiary alicyclic amines) is 1. The summed E-state index contributed by atoms with van der Waals surface area (Å²) in [4.78, 5) is 2.58. The molecule has 1 aromatic carbocycles. The molecule has 1 N–H and O–H groups in total. The lowest BCUT2D eigenvalue weighted by molar-refractivity contribution is 0.285. The van der Waals surface area contributed by atoms with Crippen molar-refractivity contribution in [3.05, 3.63) is 27.7 Å². The van der Waals surface area contributed by atoms with Crippen molar-refractivity contribution in [2.75, 3.05) is 25.0 Å². The van der Waals surface area contributed by atoms with Gasteiger partial charge in [-0.05, 0) is 72.9 Å². The molecule has 1 aliphatic heterocycles. The molecule has 1 fully saturated rings. The molecule has 0 saturated carbocycles. The van der Waals surface area contributed by atoms with Crippen LogP contribution in [0.3, 0.4) is 0 Å². The minimum Gasteiger partial charge on any atom is -0.382 e. The normalized spacial score (nSPS) is 21.1. The van der Waals surface area contributed by atoms with E-state index in [9.17, 15) is 0 Å². The standard InChI is InChI=1S/C15H22BrClN2/c1-2-8-19-9-3-4-12(7-10-19)18-13-5-6-14(16)15(17)11-13/h5-6,11-12,18H,2-4,7-10H2,1H3. The Bertz CT molecular complexity index is 411. The largest absolute Gasteiger partial charge is 0.382 e. The van der Waals surface area contributed by atoms with Crippen LogP contribution in [0.15, 0.2) is 22.7 Å². The first kappa shape index (κ1) is 15.1. The van der Waals surface area contributed by atoms with Gasteiger partial charge in [-0.1, -0.05) is 18.5 Å². The maximum atomic E-state index is 6.13. The number of halogens is 2. The van der Waals surface area contributed by atoms with Gasteiger partial charge in [-0.25, -0.2) is 0 Å². The molecule has 0 amide bonds. The number of nitrogens with zero attached hydrogens (tertiary/aromatic N) is 1. The van der Waals surface area contributed by atoms with Crippen LogP contribution in [-0.2, 0) is 0 Å². The zero-order valence-electron chi connectivity index (χ0n) is 11.5. The highest BCUT2D eigenvalue weighted by Gasteiger charge is 2.16. The summed E-state index contributed by atoms with van der Waals surface area (Å²) in [7, 11) is 0. The van der Waals surface area contributed by atoms with Gasteiger partial charge in [-0.2, -0.15) is 0 Å². The topological polar surface area (TPSA) is 15.3 Å². The van der Waals surface area contributed by atoms with E-state index in [0.717, 1.165) is 15.2 Å². The van der Waals surface area contributed by atoms with E-state index in [2.05, 4.69) is 39.1 Å². The average Bonchev–Trinajstić information content (AvgIpc) is 2.60. The van der Waals surface area contributed by atoms with Crippen molar-refractivity contribution < 1.29 is 0 Å². The van der Waals surface area contributed by atoms with E-state index in [4.69, 9.17) is 11.6 Å². The maximum Gasteiger partial charge on any atom is 0.0568 e. The van der Waals surface area contributed by atoms with E-state index in [1.54, 1.807) is 0 Å². The van der Waals surface area contributed by atoms with E-state index in [-0.39, 0.29) is 0 Å². The molecule has 2 rings (SSSR count). The second-order valence-electron chi connectivity index (χ2n) is 5.24. The second kappa shape index (κ2) is 7.51. The van der Waals surface area contributed by atoms with Crippen LogP contribution in [0.4, 0.5) is 5.69 Å². The Labute approximate surface area is 129 Å². The van der Waals surface area contributed by atoms with Crippen LogP contribution in [-0.4, -0.2) is 30.6 Å². The van der Waals surface area contributed by atoms with E-state index >= 15 is 0 Å². The smallest absolute Gasteiger partial charge is 0.0568 e. The van der Waals surface area contributed by atoms with Gasteiger partial charge in [-0.15, -0.1) is 0 Å². The Kier molecular flexibility index (Phi) is 5.99. The predicted molar refractivity (Wildman–Crippen MR) is 87.1 cm³/mol. The number of nitrogens with one attached hydrogen (secondary N) is 1. The summed E-state index contributed by atoms with van der Waals surface area (Å²) in [5.41, 5.74) is 1.13. The molecule has 0 radical (unpaired) electrons. The van der Waals surface area contributed by atoms with Crippen LogP contribution in [0.5, 0.6) is 0 Å². The first-order valence-corrected chi connectivity index (χ1v) is 8.30.